The molecule has 6 bridgehead atoms. The fraction of sp³-hybridized carbons (Fsp3) is 0.731. The smallest absolute Gasteiger partial charge is 0.134 e. The summed E-state index contributed by atoms with van der Waals surface area (Å²) in [7, 11) is 0. The van der Waals surface area contributed by atoms with E-state index < -0.39 is 5.60 Å². The molecule has 6 saturated carbocycles. The average Bonchev–Trinajstić information content (AvgIpc) is 4.34. The van der Waals surface area contributed by atoms with Crippen LogP contribution in [0.4, 0.5) is 0 Å². The van der Waals surface area contributed by atoms with Crippen molar-refractivity contribution in [3.63, 3.8) is 0 Å². The van der Waals surface area contributed by atoms with Gasteiger partial charge in [-0.3, -0.25) is 5.32 Å². The molecule has 5 saturated heterocycles. The molecule has 0 radical (unpaired) electrons. The van der Waals surface area contributed by atoms with Gasteiger partial charge in [0.05, 0.1) is 38.1 Å². The van der Waals surface area contributed by atoms with E-state index in [0.717, 1.165) is 82.4 Å². The molecule has 15 atom stereocenters. The third-order valence-corrected chi connectivity index (χ3v) is 23.7. The van der Waals surface area contributed by atoms with Crippen molar-refractivity contribution in [1.29, 1.82) is 0 Å². The molecule has 3 aromatic carbocycles. The monoisotopic (exact) mass is 1060 g/mol. The molecule has 11 aliphatic rings. The van der Waals surface area contributed by atoms with Gasteiger partial charge in [0.2, 0.25) is 0 Å². The molecule has 0 spiro atoms. The number of piperazine rings is 1. The normalized spacial score (nSPS) is 41.2. The van der Waals surface area contributed by atoms with Crippen LogP contribution in [0.25, 0.3) is 0 Å². The predicted molar refractivity (Wildman–Crippen MR) is 314 cm³/mol. The molecule has 0 aromatic heterocycles. The minimum atomic E-state index is -0.408. The average molecular weight is 1060 g/mol. The van der Waals surface area contributed by atoms with E-state index in [0.29, 0.717) is 68.7 Å². The van der Waals surface area contributed by atoms with Crippen LogP contribution in [0.15, 0.2) is 91.0 Å². The Morgan fingerprint density at radius 2 is 0.961 bits per heavy atom. The van der Waals surface area contributed by atoms with Crippen LogP contribution in [0.3, 0.4) is 0 Å². The van der Waals surface area contributed by atoms with Crippen molar-refractivity contribution < 1.29 is 18.9 Å². The number of nitrogens with one attached hydrogen (secondary N) is 6. The molecule has 11 fully saturated rings. The third kappa shape index (κ3) is 9.76. The van der Waals surface area contributed by atoms with Crippen molar-refractivity contribution in [2.75, 3.05) is 52.5 Å². The Labute approximate surface area is 466 Å². The lowest BCUT2D eigenvalue weighted by molar-refractivity contribution is -0.0916. The summed E-state index contributed by atoms with van der Waals surface area (Å²) in [6, 6.07) is 34.9. The van der Waals surface area contributed by atoms with Gasteiger partial charge in [0, 0.05) is 79.8 Å². The second-order valence-corrected chi connectivity index (χ2v) is 28.7. The molecule has 6 N–H and O–H groups in total. The zero-order valence-electron chi connectivity index (χ0n) is 50.2. The predicted octanol–water partition coefficient (Wildman–Crippen LogP) is 11.0. The topological polar surface area (TPSA) is 109 Å². The van der Waals surface area contributed by atoms with Gasteiger partial charge in [-0.25, -0.2) is 0 Å². The molecule has 14 rings (SSSR count). The quantitative estimate of drug-likeness (QED) is 0.151. The van der Waals surface area contributed by atoms with Crippen LogP contribution < -0.4 is 31.9 Å². The van der Waals surface area contributed by atoms with Crippen LogP contribution >= 0.6 is 0 Å². The maximum atomic E-state index is 6.45. The first-order chi connectivity index (χ1) is 36.5. The zero-order chi connectivity index (χ0) is 54.8. The number of hydrogen-bond donors (Lipinski definition) is 6. The molecule has 3 aromatic rings. The third-order valence-electron chi connectivity index (χ3n) is 23.7. The highest BCUT2D eigenvalue weighted by Gasteiger charge is 2.71. The molecule has 12 unspecified atom stereocenters. The Kier molecular flexibility index (Phi) is 16.3. The molecule has 426 valence electrons. The summed E-state index contributed by atoms with van der Waals surface area (Å²) in [5, 5.41) is 21.9. The Hall–Kier alpha value is -2.74. The summed E-state index contributed by atoms with van der Waals surface area (Å²) in [5.41, 5.74) is 5.92. The van der Waals surface area contributed by atoms with Gasteiger partial charge in [-0.2, -0.15) is 0 Å². The summed E-state index contributed by atoms with van der Waals surface area (Å²) in [6.45, 7) is 40.7. The lowest BCUT2D eigenvalue weighted by Crippen LogP contribution is -2.60. The van der Waals surface area contributed by atoms with Gasteiger partial charge in [-0.05, 0) is 121 Å². The van der Waals surface area contributed by atoms with Crippen molar-refractivity contribution in [2.24, 2.45) is 56.2 Å². The number of fused-ring (bicyclic) bond motifs is 15. The molecule has 10 nitrogen and oxygen atoms in total. The standard InChI is InChI=1S/C19H23NO.C13H23NO.C12H22N2.C12H21NO.C11H15NO/c1-15(2)18-19(21-14-13-20-18,16-9-5-3-6-10-16)17-11-7-4-8-12-17;1-11(2)8-6-7-13(11,5)10-9(8)14-12(3,4)15-10;2*1-11(2)8-4-5-12(11,3)10-9(8)13-6-7-14-10;1-9-11(13-8-7-12-9)10-5-3-2-4-6-10/h3-12,15,18,20H,13-14H2,1-2H3;8-10,14H,6-7H2,1-5H3;8-10,13-14H,4-7H2,1-3H3;8-10,13H,4-7H2,1-3H3;2-6,9,11-12H,7-8H2,1H3/t18-;;;;9-,11-/m0...0/s1. The van der Waals surface area contributed by atoms with Crippen molar-refractivity contribution in [2.45, 2.75) is 201 Å². The summed E-state index contributed by atoms with van der Waals surface area (Å²) >= 11 is 0. The highest BCUT2D eigenvalue weighted by Crippen LogP contribution is 2.69. The van der Waals surface area contributed by atoms with Gasteiger partial charge in [0.1, 0.15) is 11.3 Å². The van der Waals surface area contributed by atoms with Crippen LogP contribution in [0, 0.1) is 56.2 Å². The SMILES string of the molecule is CC(C)[C@@H]1NCCOC1(c1ccccc1)c1ccccc1.CC1(C)C2CCC1(C)C1NCCNC21.CC1(C)C2CCC1(C)C1OCCNC21.CC1(C)NC2C3CCC(C)(C2O1)C3(C)C.C[C@@H]1NCCO[C@@H]1c1ccccc1. The van der Waals surface area contributed by atoms with Crippen LogP contribution in [-0.4, -0.2) is 107 Å². The van der Waals surface area contributed by atoms with Crippen LogP contribution in [0.2, 0.25) is 0 Å². The second kappa shape index (κ2) is 21.9. The number of hydrogen-bond acceptors (Lipinski definition) is 10. The number of benzene rings is 3. The van der Waals surface area contributed by atoms with E-state index in [9.17, 15) is 0 Å². The van der Waals surface area contributed by atoms with Gasteiger partial charge in [-0.15, -0.1) is 0 Å². The summed E-state index contributed by atoms with van der Waals surface area (Å²) in [5.74, 6) is 3.00. The number of rotatable bonds is 4. The van der Waals surface area contributed by atoms with Gasteiger partial charge in [-0.1, -0.05) is 167 Å². The van der Waals surface area contributed by atoms with E-state index >= 15 is 0 Å². The molecular weight excluding hydrogens is 953 g/mol. The minimum Gasteiger partial charge on any atom is -0.375 e. The lowest BCUT2D eigenvalue weighted by atomic mass is 9.69. The Morgan fingerprint density at radius 3 is 1.52 bits per heavy atom. The van der Waals surface area contributed by atoms with E-state index in [1.54, 1.807) is 0 Å². The van der Waals surface area contributed by atoms with Crippen molar-refractivity contribution in [1.82, 2.24) is 31.9 Å². The lowest BCUT2D eigenvalue weighted by Gasteiger charge is -2.47. The van der Waals surface area contributed by atoms with Gasteiger partial charge in [0.25, 0.3) is 0 Å². The Balaban J connectivity index is 0.000000110. The minimum absolute atomic E-state index is 0.115. The molecule has 5 aliphatic heterocycles. The maximum Gasteiger partial charge on any atom is 0.134 e. The largest absolute Gasteiger partial charge is 0.375 e. The highest BCUT2D eigenvalue weighted by molar-refractivity contribution is 5.40. The number of ether oxygens (including phenoxy) is 4. The fourth-order valence-electron chi connectivity index (χ4n) is 18.3. The second-order valence-electron chi connectivity index (χ2n) is 28.7. The maximum absolute atomic E-state index is 6.45. The molecule has 77 heavy (non-hydrogen) atoms. The molecule has 5 heterocycles. The summed E-state index contributed by atoms with van der Waals surface area (Å²) in [4.78, 5) is 0. The first kappa shape index (κ1) is 57.5. The first-order valence-electron chi connectivity index (χ1n) is 30.7. The van der Waals surface area contributed by atoms with Crippen LogP contribution in [0.5, 0.6) is 0 Å². The van der Waals surface area contributed by atoms with E-state index in [2.05, 4.69) is 214 Å². The first-order valence-corrected chi connectivity index (χ1v) is 30.7. The fourth-order valence-corrected chi connectivity index (χ4v) is 18.3. The Morgan fingerprint density at radius 1 is 0.481 bits per heavy atom. The summed E-state index contributed by atoms with van der Waals surface area (Å²) in [6.07, 6.45) is 9.43. The van der Waals surface area contributed by atoms with E-state index in [1.165, 1.54) is 55.2 Å². The van der Waals surface area contributed by atoms with Gasteiger partial charge < -0.3 is 45.5 Å². The highest BCUT2D eigenvalue weighted by atomic mass is 16.5. The van der Waals surface area contributed by atoms with Crippen LogP contribution in [0.1, 0.15) is 158 Å². The van der Waals surface area contributed by atoms with Crippen LogP contribution in [-0.2, 0) is 24.5 Å². The van der Waals surface area contributed by atoms with E-state index in [4.69, 9.17) is 18.9 Å². The number of morpholine rings is 3. The summed E-state index contributed by atoms with van der Waals surface area (Å²) < 4.78 is 24.4. The molecule has 10 heteroatoms. The molecular formula is C67H104N6O4. The Bertz CT molecular complexity index is 2320. The van der Waals surface area contributed by atoms with Crippen molar-refractivity contribution in [3.8, 4) is 0 Å². The van der Waals surface area contributed by atoms with Gasteiger partial charge >= 0.3 is 0 Å². The van der Waals surface area contributed by atoms with E-state index in [1.807, 2.05) is 6.07 Å². The van der Waals surface area contributed by atoms with E-state index in [-0.39, 0.29) is 17.9 Å². The zero-order valence-corrected chi connectivity index (χ0v) is 50.2. The molecule has 0 amide bonds. The van der Waals surface area contributed by atoms with Crippen molar-refractivity contribution >= 4 is 0 Å². The van der Waals surface area contributed by atoms with Gasteiger partial charge in [0.15, 0.2) is 0 Å². The molecule has 6 aliphatic carbocycles. The van der Waals surface area contributed by atoms with Crippen molar-refractivity contribution in [3.05, 3.63) is 108 Å².